The summed E-state index contributed by atoms with van der Waals surface area (Å²) < 4.78 is 2.34. The van der Waals surface area contributed by atoms with Gasteiger partial charge in [-0.3, -0.25) is 0 Å². The molecular formula is C12H14Br2N2S2. The van der Waals surface area contributed by atoms with Crippen LogP contribution in [0.15, 0.2) is 19.0 Å². The molecule has 0 bridgehead atoms. The Morgan fingerprint density at radius 3 is 2.72 bits per heavy atom. The van der Waals surface area contributed by atoms with Crippen LogP contribution >= 0.6 is 54.5 Å². The fourth-order valence-electron chi connectivity index (χ4n) is 1.84. The van der Waals surface area contributed by atoms with Gasteiger partial charge in [-0.25, -0.2) is 4.98 Å². The third kappa shape index (κ3) is 3.63. The van der Waals surface area contributed by atoms with E-state index in [1.54, 1.807) is 22.7 Å². The van der Waals surface area contributed by atoms with E-state index in [1.165, 1.54) is 9.35 Å². The van der Waals surface area contributed by atoms with Gasteiger partial charge in [0.25, 0.3) is 0 Å². The number of thiophene rings is 1. The summed E-state index contributed by atoms with van der Waals surface area (Å²) in [5, 5.41) is 6.81. The Bertz CT molecular complexity index is 522. The molecule has 0 aromatic carbocycles. The molecular weight excluding hydrogens is 396 g/mol. The zero-order valence-corrected chi connectivity index (χ0v) is 15.0. The molecule has 1 N–H and O–H groups in total. The second-order valence-electron chi connectivity index (χ2n) is 3.95. The zero-order valence-electron chi connectivity index (χ0n) is 10.2. The van der Waals surface area contributed by atoms with Crippen molar-refractivity contribution in [3.8, 4) is 0 Å². The second-order valence-corrected chi connectivity index (χ2v) is 8.76. The molecule has 2 nitrogen and oxygen atoms in total. The molecule has 98 valence electrons. The van der Waals surface area contributed by atoms with Gasteiger partial charge in [-0.1, -0.05) is 6.92 Å². The van der Waals surface area contributed by atoms with Crippen molar-refractivity contribution in [1.29, 1.82) is 0 Å². The van der Waals surface area contributed by atoms with Crippen LogP contribution in [0.5, 0.6) is 0 Å². The minimum absolute atomic E-state index is 0.313. The Morgan fingerprint density at radius 2 is 2.22 bits per heavy atom. The largest absolute Gasteiger partial charge is 0.310 e. The number of aryl methyl sites for hydroxylation is 1. The average Bonchev–Trinajstić information content (AvgIpc) is 2.84. The van der Waals surface area contributed by atoms with Crippen LogP contribution in [0.2, 0.25) is 0 Å². The van der Waals surface area contributed by atoms with E-state index >= 15 is 0 Å². The summed E-state index contributed by atoms with van der Waals surface area (Å²) in [6.07, 6.45) is 0.931. The van der Waals surface area contributed by atoms with E-state index in [4.69, 9.17) is 0 Å². The molecule has 2 aromatic heterocycles. The lowest BCUT2D eigenvalue weighted by atomic mass is 10.1. The standard InChI is InChI=1S/C12H14Br2N2S2/c1-3-15-10(4-8-6-17-7(2)16-8)9-5-11(13)18-12(9)14/h5-6,10,15H,3-4H2,1-2H3. The Labute approximate surface area is 132 Å². The number of nitrogens with one attached hydrogen (secondary N) is 1. The molecule has 2 heterocycles. The molecule has 0 fully saturated rings. The average molecular weight is 410 g/mol. The van der Waals surface area contributed by atoms with Gasteiger partial charge in [0, 0.05) is 17.8 Å². The summed E-state index contributed by atoms with van der Waals surface area (Å²) >= 11 is 10.6. The van der Waals surface area contributed by atoms with Crippen molar-refractivity contribution in [2.75, 3.05) is 6.54 Å². The summed E-state index contributed by atoms with van der Waals surface area (Å²) in [7, 11) is 0. The lowest BCUT2D eigenvalue weighted by Crippen LogP contribution is -2.23. The maximum Gasteiger partial charge on any atom is 0.0897 e. The molecule has 0 spiro atoms. The maximum absolute atomic E-state index is 4.55. The molecule has 0 saturated heterocycles. The van der Waals surface area contributed by atoms with E-state index < -0.39 is 0 Å². The fourth-order valence-corrected chi connectivity index (χ4v) is 5.44. The molecule has 6 heteroatoms. The Balaban J connectivity index is 2.20. The number of likely N-dealkylation sites (N-methyl/N-ethyl adjacent to an activating group) is 1. The summed E-state index contributed by atoms with van der Waals surface area (Å²) in [6.45, 7) is 5.13. The maximum atomic E-state index is 4.55. The number of halogens is 2. The van der Waals surface area contributed by atoms with E-state index in [2.05, 4.69) is 60.5 Å². The third-order valence-corrected chi connectivity index (χ3v) is 5.80. The Morgan fingerprint density at radius 1 is 1.44 bits per heavy atom. The third-order valence-electron chi connectivity index (χ3n) is 2.59. The first-order chi connectivity index (χ1) is 8.60. The van der Waals surface area contributed by atoms with Crippen LogP contribution < -0.4 is 5.32 Å². The number of thiazole rings is 1. The van der Waals surface area contributed by atoms with E-state index in [0.717, 1.165) is 27.5 Å². The highest BCUT2D eigenvalue weighted by molar-refractivity contribution is 9.12. The number of rotatable bonds is 5. The number of aromatic nitrogens is 1. The number of hydrogen-bond acceptors (Lipinski definition) is 4. The Kier molecular flexibility index (Phi) is 5.38. The first-order valence-electron chi connectivity index (χ1n) is 5.69. The molecule has 18 heavy (non-hydrogen) atoms. The normalized spacial score (nSPS) is 12.9. The van der Waals surface area contributed by atoms with Gasteiger partial charge in [-0.15, -0.1) is 22.7 Å². The van der Waals surface area contributed by atoms with Gasteiger partial charge >= 0.3 is 0 Å². The highest BCUT2D eigenvalue weighted by Gasteiger charge is 2.18. The van der Waals surface area contributed by atoms with Crippen LogP contribution in [0.3, 0.4) is 0 Å². The van der Waals surface area contributed by atoms with Crippen LogP contribution in [0.25, 0.3) is 0 Å². The summed E-state index contributed by atoms with van der Waals surface area (Å²) in [5.74, 6) is 0. The van der Waals surface area contributed by atoms with Crippen molar-refractivity contribution in [1.82, 2.24) is 10.3 Å². The van der Waals surface area contributed by atoms with Crippen LogP contribution in [-0.2, 0) is 6.42 Å². The van der Waals surface area contributed by atoms with Crippen LogP contribution in [0.1, 0.15) is 29.2 Å². The molecule has 0 radical (unpaired) electrons. The van der Waals surface area contributed by atoms with Gasteiger partial charge in [0.15, 0.2) is 0 Å². The second kappa shape index (κ2) is 6.61. The highest BCUT2D eigenvalue weighted by atomic mass is 79.9. The molecule has 1 atom stereocenters. The monoisotopic (exact) mass is 408 g/mol. The molecule has 0 amide bonds. The summed E-state index contributed by atoms with van der Waals surface area (Å²) in [6, 6.07) is 2.50. The molecule has 1 unspecified atom stereocenters. The van der Waals surface area contributed by atoms with E-state index in [0.29, 0.717) is 6.04 Å². The van der Waals surface area contributed by atoms with E-state index in [9.17, 15) is 0 Å². The quantitative estimate of drug-likeness (QED) is 0.756. The van der Waals surface area contributed by atoms with Crippen molar-refractivity contribution in [2.24, 2.45) is 0 Å². The van der Waals surface area contributed by atoms with Gasteiger partial charge in [0.1, 0.15) is 0 Å². The van der Waals surface area contributed by atoms with Crippen molar-refractivity contribution in [3.05, 3.63) is 35.3 Å². The minimum Gasteiger partial charge on any atom is -0.310 e. The Hall–Kier alpha value is 0.250. The fraction of sp³-hybridized carbons (Fsp3) is 0.417. The van der Waals surface area contributed by atoms with Crippen molar-refractivity contribution in [3.63, 3.8) is 0 Å². The minimum atomic E-state index is 0.313. The van der Waals surface area contributed by atoms with Gasteiger partial charge in [0.05, 0.1) is 18.3 Å². The van der Waals surface area contributed by atoms with Crippen LogP contribution in [0.4, 0.5) is 0 Å². The number of hydrogen-bond donors (Lipinski definition) is 1. The van der Waals surface area contributed by atoms with E-state index in [1.807, 2.05) is 6.92 Å². The summed E-state index contributed by atoms with van der Waals surface area (Å²) in [4.78, 5) is 4.55. The van der Waals surface area contributed by atoms with Gasteiger partial charge in [0.2, 0.25) is 0 Å². The lowest BCUT2D eigenvalue weighted by molar-refractivity contribution is 0.545. The predicted molar refractivity (Wildman–Crippen MR) is 86.7 cm³/mol. The van der Waals surface area contributed by atoms with Crippen LogP contribution in [0, 0.1) is 6.92 Å². The predicted octanol–water partition coefficient (Wildman–Crippen LogP) is 4.93. The molecule has 0 aliphatic carbocycles. The number of nitrogens with zero attached hydrogens (tertiary/aromatic N) is 1. The zero-order chi connectivity index (χ0) is 13.1. The van der Waals surface area contributed by atoms with Gasteiger partial charge in [-0.05, 0) is 57.0 Å². The molecule has 0 aliphatic rings. The lowest BCUT2D eigenvalue weighted by Gasteiger charge is -2.16. The van der Waals surface area contributed by atoms with Gasteiger partial charge in [-0.2, -0.15) is 0 Å². The van der Waals surface area contributed by atoms with E-state index in [-0.39, 0.29) is 0 Å². The first-order valence-corrected chi connectivity index (χ1v) is 8.97. The topological polar surface area (TPSA) is 24.9 Å². The van der Waals surface area contributed by atoms with Crippen molar-refractivity contribution in [2.45, 2.75) is 26.3 Å². The van der Waals surface area contributed by atoms with Crippen molar-refractivity contribution >= 4 is 54.5 Å². The molecule has 0 saturated carbocycles. The smallest absolute Gasteiger partial charge is 0.0897 e. The molecule has 2 rings (SSSR count). The van der Waals surface area contributed by atoms with Crippen molar-refractivity contribution < 1.29 is 0 Å². The summed E-state index contributed by atoms with van der Waals surface area (Å²) in [5.41, 5.74) is 2.47. The molecule has 0 aliphatic heterocycles. The highest BCUT2D eigenvalue weighted by Crippen LogP contribution is 2.36. The SMILES string of the molecule is CCNC(Cc1csc(C)n1)c1cc(Br)sc1Br. The first kappa shape index (κ1) is 14.7. The molecule has 2 aromatic rings. The van der Waals surface area contributed by atoms with Gasteiger partial charge < -0.3 is 5.32 Å². The van der Waals surface area contributed by atoms with Crippen LogP contribution in [-0.4, -0.2) is 11.5 Å².